The van der Waals surface area contributed by atoms with Gasteiger partial charge in [0.15, 0.2) is 0 Å². The molecule has 0 atom stereocenters. The lowest BCUT2D eigenvalue weighted by Crippen LogP contribution is -2.15. The van der Waals surface area contributed by atoms with Gasteiger partial charge in [0.05, 0.1) is 36.2 Å². The molecule has 1 N–H and O–H groups in total. The van der Waals surface area contributed by atoms with E-state index in [2.05, 4.69) is 20.1 Å². The Kier molecular flexibility index (Phi) is 5.84. The number of methoxy groups -OCH3 is 1. The molecule has 0 radical (unpaired) electrons. The van der Waals surface area contributed by atoms with Crippen LogP contribution in [0.2, 0.25) is 0 Å². The number of fused-ring (bicyclic) bond motifs is 2. The summed E-state index contributed by atoms with van der Waals surface area (Å²) in [6.45, 7) is 1.52. The molecule has 1 aromatic carbocycles. The van der Waals surface area contributed by atoms with Gasteiger partial charge in [-0.1, -0.05) is 6.07 Å². The number of esters is 1. The van der Waals surface area contributed by atoms with E-state index < -0.39 is 11.8 Å². The van der Waals surface area contributed by atoms with Gasteiger partial charge in [-0.25, -0.2) is 14.2 Å². The predicted octanol–water partition coefficient (Wildman–Crippen LogP) is 3.44. The number of aryl methyl sites for hydroxylation is 1. The van der Waals surface area contributed by atoms with Gasteiger partial charge < -0.3 is 19.0 Å². The van der Waals surface area contributed by atoms with Gasteiger partial charge >= 0.3 is 5.97 Å². The fourth-order valence-electron chi connectivity index (χ4n) is 4.67. The van der Waals surface area contributed by atoms with E-state index in [1.807, 2.05) is 23.9 Å². The summed E-state index contributed by atoms with van der Waals surface area (Å²) < 4.78 is 29.3. The van der Waals surface area contributed by atoms with Gasteiger partial charge in [0.2, 0.25) is 5.78 Å². The zero-order valence-corrected chi connectivity index (χ0v) is 20.7. The first kappa shape index (κ1) is 23.7. The molecule has 5 heterocycles. The van der Waals surface area contributed by atoms with Crippen molar-refractivity contribution in [2.75, 3.05) is 13.7 Å². The van der Waals surface area contributed by atoms with Crippen LogP contribution in [0.3, 0.4) is 0 Å². The second kappa shape index (κ2) is 9.34. The number of carbonyl (C=O) groups is 2. The first-order valence-corrected chi connectivity index (χ1v) is 12.0. The average Bonchev–Trinajstić information content (AvgIpc) is 3.66. The van der Waals surface area contributed by atoms with Crippen molar-refractivity contribution >= 4 is 22.7 Å². The van der Waals surface area contributed by atoms with Crippen molar-refractivity contribution in [3.8, 4) is 11.3 Å². The summed E-state index contributed by atoms with van der Waals surface area (Å²) in [5, 5.41) is 4.96. The van der Waals surface area contributed by atoms with Gasteiger partial charge in [-0.3, -0.25) is 14.5 Å². The molecule has 6 rings (SSSR count). The van der Waals surface area contributed by atoms with Crippen LogP contribution in [-0.2, 0) is 36.1 Å². The van der Waals surface area contributed by atoms with E-state index in [9.17, 15) is 9.59 Å². The number of H-pyrrole nitrogens is 1. The number of halogens is 1. The largest absolute Gasteiger partial charge is 0.465 e. The Hall–Kier alpha value is -4.64. The highest BCUT2D eigenvalue weighted by Gasteiger charge is 2.22. The smallest absolute Gasteiger partial charge is 0.340 e. The lowest BCUT2D eigenvalue weighted by Gasteiger charge is -2.13. The van der Waals surface area contributed by atoms with Gasteiger partial charge in [0.1, 0.15) is 23.9 Å². The van der Waals surface area contributed by atoms with Gasteiger partial charge in [-0.05, 0) is 24.3 Å². The number of nitrogens with zero attached hydrogens (tertiary/aromatic N) is 5. The Balaban J connectivity index is 1.37. The molecule has 38 heavy (non-hydrogen) atoms. The number of ketones is 1. The number of aromatic amines is 1. The molecule has 0 amide bonds. The third-order valence-corrected chi connectivity index (χ3v) is 6.59. The number of benzene rings is 1. The van der Waals surface area contributed by atoms with E-state index in [1.165, 1.54) is 25.4 Å². The second-order valence-electron chi connectivity index (χ2n) is 9.05. The number of nitrogens with one attached hydrogen (secondary N) is 1. The topological polar surface area (TPSA) is 117 Å². The zero-order valence-electron chi connectivity index (χ0n) is 20.7. The summed E-state index contributed by atoms with van der Waals surface area (Å²) in [5.41, 5.74) is 3.40. The summed E-state index contributed by atoms with van der Waals surface area (Å²) >= 11 is 0. The van der Waals surface area contributed by atoms with Crippen molar-refractivity contribution in [2.24, 2.45) is 7.05 Å². The number of aromatic nitrogens is 6. The molecule has 0 spiro atoms. The van der Waals surface area contributed by atoms with E-state index in [0.29, 0.717) is 54.3 Å². The van der Waals surface area contributed by atoms with Crippen LogP contribution < -0.4 is 0 Å². The molecule has 0 saturated heterocycles. The average molecular weight is 515 g/mol. The molecule has 0 saturated carbocycles. The van der Waals surface area contributed by atoms with Crippen LogP contribution in [0.1, 0.15) is 43.6 Å². The van der Waals surface area contributed by atoms with Crippen LogP contribution in [0, 0.1) is 5.82 Å². The number of pyridine rings is 1. The van der Waals surface area contributed by atoms with Crippen LogP contribution in [0.4, 0.5) is 4.39 Å². The van der Waals surface area contributed by atoms with Crippen LogP contribution in [-0.4, -0.2) is 54.8 Å². The molecule has 4 aromatic heterocycles. The standard InChI is InChI=1S/C27H23FN6O4/c1-33-6-5-16(32-33)10-22-25-18(19(12-29-22)27(36)37-2)11-21(31-25)17-4-3-15(9-20(17)28)26(35)23-13-34-7-8-38-14-24(34)30-23/h3-6,9,11-13,31H,7-8,10,14H2,1-2H3. The number of carbonyl (C=O) groups excluding carboxylic acids is 2. The first-order valence-electron chi connectivity index (χ1n) is 12.0. The molecule has 5 aromatic rings. The number of hydrogen-bond acceptors (Lipinski definition) is 7. The van der Waals surface area contributed by atoms with Crippen molar-refractivity contribution in [3.05, 3.63) is 88.8 Å². The molecular weight excluding hydrogens is 491 g/mol. The molecule has 0 fully saturated rings. The minimum absolute atomic E-state index is 0.187. The molecular formula is C27H23FN6O4. The maximum Gasteiger partial charge on any atom is 0.340 e. The highest BCUT2D eigenvalue weighted by atomic mass is 19.1. The molecule has 1 aliphatic heterocycles. The Labute approximate surface area is 216 Å². The molecule has 0 unspecified atom stereocenters. The van der Waals surface area contributed by atoms with Crippen LogP contribution in [0.25, 0.3) is 22.2 Å². The van der Waals surface area contributed by atoms with Gasteiger partial charge in [-0.15, -0.1) is 0 Å². The quantitative estimate of drug-likeness (QED) is 0.273. The van der Waals surface area contributed by atoms with E-state index >= 15 is 4.39 Å². The number of ether oxygens (including phenoxy) is 2. The van der Waals surface area contributed by atoms with Crippen molar-refractivity contribution < 1.29 is 23.5 Å². The van der Waals surface area contributed by atoms with E-state index in [1.54, 1.807) is 23.0 Å². The highest BCUT2D eigenvalue weighted by Crippen LogP contribution is 2.31. The number of rotatable bonds is 6. The Bertz CT molecular complexity index is 1690. The van der Waals surface area contributed by atoms with Crippen LogP contribution in [0.5, 0.6) is 0 Å². The summed E-state index contributed by atoms with van der Waals surface area (Å²) in [5.74, 6) is -0.837. The van der Waals surface area contributed by atoms with Crippen molar-refractivity contribution in [1.82, 2.24) is 29.3 Å². The monoisotopic (exact) mass is 514 g/mol. The first-order chi connectivity index (χ1) is 18.4. The minimum atomic E-state index is -0.589. The SMILES string of the molecule is COC(=O)c1cnc(Cc2ccn(C)n2)c2[nH]c(-c3ccc(C(=O)c4cn5c(n4)COCC5)cc3F)cc12. The number of imidazole rings is 1. The fourth-order valence-corrected chi connectivity index (χ4v) is 4.67. The Morgan fingerprint density at radius 2 is 2.11 bits per heavy atom. The van der Waals surface area contributed by atoms with Crippen LogP contribution in [0.15, 0.2) is 48.9 Å². The maximum absolute atomic E-state index is 15.4. The van der Waals surface area contributed by atoms with Gasteiger partial charge in [-0.2, -0.15) is 5.10 Å². The van der Waals surface area contributed by atoms with Gasteiger partial charge in [0.25, 0.3) is 0 Å². The number of hydrogen-bond donors (Lipinski definition) is 1. The van der Waals surface area contributed by atoms with E-state index in [0.717, 1.165) is 5.69 Å². The van der Waals surface area contributed by atoms with E-state index in [-0.39, 0.29) is 28.2 Å². The van der Waals surface area contributed by atoms with Crippen LogP contribution >= 0.6 is 0 Å². The Morgan fingerprint density at radius 1 is 1.24 bits per heavy atom. The van der Waals surface area contributed by atoms with Gasteiger partial charge in [0, 0.05) is 60.8 Å². The minimum Gasteiger partial charge on any atom is -0.465 e. The molecule has 11 heteroatoms. The Morgan fingerprint density at radius 3 is 2.84 bits per heavy atom. The maximum atomic E-state index is 15.4. The lowest BCUT2D eigenvalue weighted by molar-refractivity contribution is 0.0602. The third-order valence-electron chi connectivity index (χ3n) is 6.59. The molecule has 192 valence electrons. The summed E-state index contributed by atoms with van der Waals surface area (Å²) in [4.78, 5) is 37.5. The van der Waals surface area contributed by atoms with Crippen molar-refractivity contribution in [1.29, 1.82) is 0 Å². The normalized spacial score (nSPS) is 13.0. The fraction of sp³-hybridized carbons (Fsp3) is 0.222. The third kappa shape index (κ3) is 4.16. The molecule has 10 nitrogen and oxygen atoms in total. The molecule has 0 bridgehead atoms. The van der Waals surface area contributed by atoms with Crippen molar-refractivity contribution in [3.63, 3.8) is 0 Å². The molecule has 0 aliphatic carbocycles. The summed E-state index contributed by atoms with van der Waals surface area (Å²) in [7, 11) is 3.12. The highest BCUT2D eigenvalue weighted by molar-refractivity contribution is 6.08. The van der Waals surface area contributed by atoms with E-state index in [4.69, 9.17) is 9.47 Å². The predicted molar refractivity (Wildman–Crippen MR) is 134 cm³/mol. The van der Waals surface area contributed by atoms with Crippen molar-refractivity contribution in [2.45, 2.75) is 19.6 Å². The molecule has 1 aliphatic rings. The summed E-state index contributed by atoms with van der Waals surface area (Å²) in [6.07, 6.45) is 5.38. The second-order valence-corrected chi connectivity index (χ2v) is 9.05. The zero-order chi connectivity index (χ0) is 26.4. The lowest BCUT2D eigenvalue weighted by atomic mass is 10.0. The summed E-state index contributed by atoms with van der Waals surface area (Å²) in [6, 6.07) is 7.87.